The maximum atomic E-state index is 12.1. The summed E-state index contributed by atoms with van der Waals surface area (Å²) in [6.07, 6.45) is -1.12. The lowest BCUT2D eigenvalue weighted by Gasteiger charge is -2.13. The zero-order valence-electron chi connectivity index (χ0n) is 13.1. The van der Waals surface area contributed by atoms with Crippen molar-refractivity contribution in [1.29, 1.82) is 0 Å². The minimum atomic E-state index is -1.12. The van der Waals surface area contributed by atoms with Crippen LogP contribution in [0, 0.1) is 10.1 Å². The first-order chi connectivity index (χ1) is 11.8. The van der Waals surface area contributed by atoms with Gasteiger partial charge in [0.1, 0.15) is 5.69 Å². The van der Waals surface area contributed by atoms with E-state index >= 15 is 0 Å². The number of hydrogen-bond donors (Lipinski definition) is 2. The number of nitrogen functional groups attached to an aromatic ring is 1. The van der Waals surface area contributed by atoms with E-state index in [1.54, 1.807) is 18.2 Å². The van der Waals surface area contributed by atoms with Crippen molar-refractivity contribution in [1.82, 2.24) is 0 Å². The summed E-state index contributed by atoms with van der Waals surface area (Å²) < 4.78 is 5.03. The molecule has 0 unspecified atom stereocenters. The third-order valence-corrected chi connectivity index (χ3v) is 3.44. The molecule has 0 radical (unpaired) electrons. The van der Waals surface area contributed by atoms with E-state index in [2.05, 4.69) is 5.32 Å². The van der Waals surface area contributed by atoms with Crippen LogP contribution < -0.4 is 11.1 Å². The van der Waals surface area contributed by atoms with E-state index in [1.165, 1.54) is 25.1 Å². The van der Waals surface area contributed by atoms with Crippen LogP contribution in [0.4, 0.5) is 17.1 Å². The molecular formula is C16H14ClN3O5. The van der Waals surface area contributed by atoms with Gasteiger partial charge in [-0.3, -0.25) is 14.9 Å². The van der Waals surface area contributed by atoms with Gasteiger partial charge in [-0.05, 0) is 37.3 Å². The maximum absolute atomic E-state index is 12.1. The van der Waals surface area contributed by atoms with Crippen LogP contribution in [0.1, 0.15) is 17.3 Å². The number of halogens is 1. The predicted molar refractivity (Wildman–Crippen MR) is 92.5 cm³/mol. The first-order valence-electron chi connectivity index (χ1n) is 7.09. The van der Waals surface area contributed by atoms with Crippen LogP contribution in [0.15, 0.2) is 42.5 Å². The molecule has 0 aliphatic heterocycles. The molecule has 0 bridgehead atoms. The molecule has 2 aromatic carbocycles. The van der Waals surface area contributed by atoms with Crippen molar-refractivity contribution in [2.75, 3.05) is 11.1 Å². The summed E-state index contributed by atoms with van der Waals surface area (Å²) in [5.74, 6) is -1.45. The summed E-state index contributed by atoms with van der Waals surface area (Å²) >= 11 is 5.82. The number of carbonyl (C=O) groups excluding carboxylic acids is 2. The molecule has 130 valence electrons. The second-order valence-corrected chi connectivity index (χ2v) is 5.51. The van der Waals surface area contributed by atoms with Crippen LogP contribution in [-0.2, 0) is 9.53 Å². The van der Waals surface area contributed by atoms with Crippen molar-refractivity contribution < 1.29 is 19.2 Å². The average molecular weight is 364 g/mol. The van der Waals surface area contributed by atoms with E-state index < -0.39 is 28.6 Å². The molecule has 2 aromatic rings. The van der Waals surface area contributed by atoms with Gasteiger partial charge in [-0.25, -0.2) is 4.79 Å². The molecule has 0 saturated heterocycles. The third kappa shape index (κ3) is 4.67. The smallest absolute Gasteiger partial charge is 0.339 e. The number of esters is 1. The Balaban J connectivity index is 2.05. The zero-order valence-corrected chi connectivity index (χ0v) is 13.8. The number of ether oxygens (including phenoxy) is 1. The van der Waals surface area contributed by atoms with E-state index in [-0.39, 0.29) is 11.3 Å². The van der Waals surface area contributed by atoms with Crippen LogP contribution in [0.25, 0.3) is 0 Å². The van der Waals surface area contributed by atoms with Gasteiger partial charge in [0.2, 0.25) is 0 Å². The number of nitrogens with zero attached hydrogens (tertiary/aromatic N) is 1. The monoisotopic (exact) mass is 363 g/mol. The Morgan fingerprint density at radius 2 is 2.00 bits per heavy atom. The van der Waals surface area contributed by atoms with E-state index in [9.17, 15) is 19.7 Å². The Hall–Kier alpha value is -3.13. The molecule has 3 N–H and O–H groups in total. The summed E-state index contributed by atoms with van der Waals surface area (Å²) in [5, 5.41) is 13.8. The van der Waals surface area contributed by atoms with Gasteiger partial charge in [0.05, 0.1) is 10.5 Å². The molecule has 0 fully saturated rings. The molecule has 1 amide bonds. The number of carbonyl (C=O) groups is 2. The minimum Gasteiger partial charge on any atom is -0.449 e. The number of hydrogen-bond acceptors (Lipinski definition) is 6. The highest BCUT2D eigenvalue weighted by Gasteiger charge is 2.21. The third-order valence-electron chi connectivity index (χ3n) is 3.21. The topological polar surface area (TPSA) is 125 Å². The van der Waals surface area contributed by atoms with Gasteiger partial charge in [-0.15, -0.1) is 0 Å². The Kier molecular flexibility index (Phi) is 5.56. The van der Waals surface area contributed by atoms with Gasteiger partial charge in [0.25, 0.3) is 11.6 Å². The van der Waals surface area contributed by atoms with Gasteiger partial charge >= 0.3 is 5.97 Å². The predicted octanol–water partition coefficient (Wildman–Crippen LogP) is 3.01. The Morgan fingerprint density at radius 1 is 1.28 bits per heavy atom. The van der Waals surface area contributed by atoms with Crippen LogP contribution in [0.5, 0.6) is 0 Å². The lowest BCUT2D eigenvalue weighted by atomic mass is 10.2. The van der Waals surface area contributed by atoms with Crippen LogP contribution in [-0.4, -0.2) is 22.9 Å². The molecule has 0 spiro atoms. The van der Waals surface area contributed by atoms with Crippen molar-refractivity contribution in [3.63, 3.8) is 0 Å². The first kappa shape index (κ1) is 18.2. The Bertz CT molecular complexity index is 840. The van der Waals surface area contributed by atoms with Crippen molar-refractivity contribution in [3.8, 4) is 0 Å². The minimum absolute atomic E-state index is 0.0757. The molecule has 0 saturated carbocycles. The van der Waals surface area contributed by atoms with Gasteiger partial charge < -0.3 is 15.8 Å². The highest BCUT2D eigenvalue weighted by atomic mass is 35.5. The van der Waals surface area contributed by atoms with Crippen molar-refractivity contribution in [2.24, 2.45) is 0 Å². The summed E-state index contributed by atoms with van der Waals surface area (Å²) in [5.41, 5.74) is 5.35. The van der Waals surface area contributed by atoms with E-state index in [1.807, 2.05) is 0 Å². The van der Waals surface area contributed by atoms with Crippen LogP contribution in [0.3, 0.4) is 0 Å². The largest absolute Gasteiger partial charge is 0.449 e. The maximum Gasteiger partial charge on any atom is 0.339 e. The molecule has 0 aliphatic rings. The zero-order chi connectivity index (χ0) is 18.6. The number of anilines is 2. The van der Waals surface area contributed by atoms with Gasteiger partial charge in [-0.1, -0.05) is 17.7 Å². The summed E-state index contributed by atoms with van der Waals surface area (Å²) in [4.78, 5) is 34.3. The highest BCUT2D eigenvalue weighted by Crippen LogP contribution is 2.23. The van der Waals surface area contributed by atoms with E-state index in [0.29, 0.717) is 10.7 Å². The Labute approximate surface area is 147 Å². The fourth-order valence-corrected chi connectivity index (χ4v) is 2.11. The van der Waals surface area contributed by atoms with Crippen molar-refractivity contribution >= 4 is 40.5 Å². The lowest BCUT2D eigenvalue weighted by Crippen LogP contribution is -2.30. The SMILES string of the molecule is C[C@H](OC(=O)c1ccc(N)c([N+](=O)[O-])c1)C(=O)Nc1cccc(Cl)c1. The summed E-state index contributed by atoms with van der Waals surface area (Å²) in [6.45, 7) is 1.38. The van der Waals surface area contributed by atoms with Crippen molar-refractivity contribution in [3.05, 3.63) is 63.2 Å². The second kappa shape index (κ2) is 7.63. The number of amides is 1. The molecule has 0 heterocycles. The summed E-state index contributed by atoms with van der Waals surface area (Å²) in [6, 6.07) is 9.98. The van der Waals surface area contributed by atoms with Gasteiger partial charge in [0.15, 0.2) is 6.10 Å². The molecule has 2 rings (SSSR count). The molecule has 0 aliphatic carbocycles. The molecular weight excluding hydrogens is 350 g/mol. The molecule has 9 heteroatoms. The lowest BCUT2D eigenvalue weighted by molar-refractivity contribution is -0.383. The number of nitro benzene ring substituents is 1. The van der Waals surface area contributed by atoms with E-state index in [0.717, 1.165) is 6.07 Å². The first-order valence-corrected chi connectivity index (χ1v) is 7.47. The number of nitro groups is 1. The number of benzene rings is 2. The van der Waals surface area contributed by atoms with Crippen LogP contribution >= 0.6 is 11.6 Å². The fourth-order valence-electron chi connectivity index (χ4n) is 1.92. The number of nitrogens with two attached hydrogens (primary N) is 1. The fraction of sp³-hybridized carbons (Fsp3) is 0.125. The Morgan fingerprint density at radius 3 is 2.64 bits per heavy atom. The highest BCUT2D eigenvalue weighted by molar-refractivity contribution is 6.30. The number of rotatable bonds is 5. The van der Waals surface area contributed by atoms with Gasteiger partial charge in [-0.2, -0.15) is 0 Å². The average Bonchev–Trinajstić information content (AvgIpc) is 2.54. The molecule has 25 heavy (non-hydrogen) atoms. The van der Waals surface area contributed by atoms with Gasteiger partial charge in [0, 0.05) is 16.8 Å². The standard InChI is InChI=1S/C16H14ClN3O5/c1-9(15(21)19-12-4-2-3-11(17)8-12)25-16(22)10-5-6-13(18)14(7-10)20(23)24/h2-9H,18H2,1H3,(H,19,21)/t9-/m0/s1. The number of nitrogens with one attached hydrogen (secondary N) is 1. The summed E-state index contributed by atoms with van der Waals surface area (Å²) in [7, 11) is 0. The molecule has 0 aromatic heterocycles. The molecule has 1 atom stereocenters. The molecule has 8 nitrogen and oxygen atoms in total. The van der Waals surface area contributed by atoms with Crippen LogP contribution in [0.2, 0.25) is 5.02 Å². The quantitative estimate of drug-likeness (QED) is 0.364. The normalized spacial score (nSPS) is 11.4. The second-order valence-electron chi connectivity index (χ2n) is 5.08. The van der Waals surface area contributed by atoms with E-state index in [4.69, 9.17) is 22.1 Å². The van der Waals surface area contributed by atoms with Crippen molar-refractivity contribution in [2.45, 2.75) is 13.0 Å².